The lowest BCUT2D eigenvalue weighted by Gasteiger charge is -2.06. The molecule has 1 aromatic rings. The molecule has 1 atom stereocenters. The number of benzene rings is 1. The Morgan fingerprint density at radius 1 is 1.58 bits per heavy atom. The van der Waals surface area contributed by atoms with Crippen molar-refractivity contribution in [3.8, 4) is 0 Å². The van der Waals surface area contributed by atoms with Gasteiger partial charge in [-0.1, -0.05) is 22.0 Å². The second kappa shape index (κ2) is 3.17. The van der Waals surface area contributed by atoms with E-state index in [1.165, 1.54) is 11.1 Å². The predicted octanol–water partition coefficient (Wildman–Crippen LogP) is 1.59. The quantitative estimate of drug-likeness (QED) is 0.764. The normalized spacial score (nSPS) is 21.0. The third kappa shape index (κ3) is 1.28. The van der Waals surface area contributed by atoms with Crippen LogP contribution in [0.3, 0.4) is 0 Å². The minimum Gasteiger partial charge on any atom is -0.394 e. The maximum atomic E-state index is 9.01. The first-order valence-corrected chi connectivity index (χ1v) is 4.73. The van der Waals surface area contributed by atoms with E-state index in [4.69, 9.17) is 5.11 Å². The van der Waals surface area contributed by atoms with Crippen molar-refractivity contribution >= 4 is 15.9 Å². The van der Waals surface area contributed by atoms with Crippen LogP contribution in [0.4, 0.5) is 0 Å². The molecule has 1 aliphatic rings. The first kappa shape index (κ1) is 8.23. The van der Waals surface area contributed by atoms with Gasteiger partial charge in [-0.05, 0) is 23.3 Å². The van der Waals surface area contributed by atoms with E-state index >= 15 is 0 Å². The van der Waals surface area contributed by atoms with E-state index in [0.717, 1.165) is 11.0 Å². The molecule has 0 bridgehead atoms. The van der Waals surface area contributed by atoms with Gasteiger partial charge in [-0.15, -0.1) is 0 Å². The number of fused-ring (bicyclic) bond motifs is 1. The lowest BCUT2D eigenvalue weighted by Crippen LogP contribution is -2.15. The monoisotopic (exact) mass is 227 g/mol. The van der Waals surface area contributed by atoms with Gasteiger partial charge in [0.05, 0.1) is 12.6 Å². The fraction of sp³-hybridized carbons (Fsp3) is 0.333. The Kier molecular flexibility index (Phi) is 2.17. The molecule has 0 fully saturated rings. The van der Waals surface area contributed by atoms with Crippen molar-refractivity contribution in [1.82, 2.24) is 5.32 Å². The summed E-state index contributed by atoms with van der Waals surface area (Å²) in [5.41, 5.74) is 2.50. The van der Waals surface area contributed by atoms with Crippen molar-refractivity contribution < 1.29 is 5.11 Å². The Hall–Kier alpha value is -0.380. The van der Waals surface area contributed by atoms with Crippen molar-refractivity contribution in [1.29, 1.82) is 0 Å². The second-order valence-corrected chi connectivity index (χ2v) is 3.87. The summed E-state index contributed by atoms with van der Waals surface area (Å²) in [5.74, 6) is 0. The summed E-state index contributed by atoms with van der Waals surface area (Å²) in [5, 5.41) is 12.2. The summed E-state index contributed by atoms with van der Waals surface area (Å²) < 4.78 is 1.10. The zero-order chi connectivity index (χ0) is 8.55. The molecule has 0 saturated carbocycles. The highest BCUT2D eigenvalue weighted by molar-refractivity contribution is 9.10. The van der Waals surface area contributed by atoms with Crippen LogP contribution in [0, 0.1) is 0 Å². The van der Waals surface area contributed by atoms with Crippen LogP contribution in [-0.2, 0) is 6.54 Å². The van der Waals surface area contributed by atoms with Gasteiger partial charge in [-0.2, -0.15) is 0 Å². The zero-order valence-electron chi connectivity index (χ0n) is 6.55. The van der Waals surface area contributed by atoms with E-state index in [2.05, 4.69) is 33.4 Å². The van der Waals surface area contributed by atoms with E-state index < -0.39 is 0 Å². The molecule has 2 nitrogen and oxygen atoms in total. The highest BCUT2D eigenvalue weighted by atomic mass is 79.9. The summed E-state index contributed by atoms with van der Waals surface area (Å²) in [6.07, 6.45) is 0. The van der Waals surface area contributed by atoms with Gasteiger partial charge in [0.1, 0.15) is 0 Å². The summed E-state index contributed by atoms with van der Waals surface area (Å²) in [6.45, 7) is 1.04. The molecule has 0 amide bonds. The van der Waals surface area contributed by atoms with Crippen molar-refractivity contribution in [2.24, 2.45) is 0 Å². The van der Waals surface area contributed by atoms with Crippen LogP contribution in [0.1, 0.15) is 17.2 Å². The van der Waals surface area contributed by atoms with Gasteiger partial charge in [0.25, 0.3) is 0 Å². The maximum absolute atomic E-state index is 9.01. The zero-order valence-corrected chi connectivity index (χ0v) is 8.13. The molecule has 0 spiro atoms. The highest BCUT2D eigenvalue weighted by Gasteiger charge is 2.20. The predicted molar refractivity (Wildman–Crippen MR) is 50.8 cm³/mol. The third-order valence-corrected chi connectivity index (χ3v) is 2.70. The standard InChI is InChI=1S/C9H10BrNO/c10-7-1-2-8-6(3-7)4-11-9(8)5-12/h1-3,9,11-12H,4-5H2. The van der Waals surface area contributed by atoms with Crippen molar-refractivity contribution in [3.05, 3.63) is 33.8 Å². The Bertz CT molecular complexity index is 301. The molecule has 0 aromatic heterocycles. The summed E-state index contributed by atoms with van der Waals surface area (Å²) >= 11 is 3.42. The van der Waals surface area contributed by atoms with Crippen LogP contribution < -0.4 is 5.32 Å². The van der Waals surface area contributed by atoms with Crippen LogP contribution >= 0.6 is 15.9 Å². The highest BCUT2D eigenvalue weighted by Crippen LogP contribution is 2.27. The molecule has 0 radical (unpaired) electrons. The molecule has 0 saturated heterocycles. The van der Waals surface area contributed by atoms with Crippen molar-refractivity contribution in [2.75, 3.05) is 6.61 Å². The van der Waals surface area contributed by atoms with E-state index in [0.29, 0.717) is 0 Å². The van der Waals surface area contributed by atoms with Crippen LogP contribution in [0.2, 0.25) is 0 Å². The van der Waals surface area contributed by atoms with Crippen LogP contribution in [0.5, 0.6) is 0 Å². The number of hydrogen-bond acceptors (Lipinski definition) is 2. The average Bonchev–Trinajstić information content (AvgIpc) is 2.46. The molecule has 1 heterocycles. The molecular weight excluding hydrogens is 218 g/mol. The summed E-state index contributed by atoms with van der Waals surface area (Å²) in [7, 11) is 0. The van der Waals surface area contributed by atoms with Crippen LogP contribution in [0.15, 0.2) is 22.7 Å². The first-order chi connectivity index (χ1) is 5.81. The van der Waals surface area contributed by atoms with Gasteiger partial charge in [-0.3, -0.25) is 0 Å². The van der Waals surface area contributed by atoms with Crippen molar-refractivity contribution in [3.63, 3.8) is 0 Å². The fourth-order valence-corrected chi connectivity index (χ4v) is 1.98. The van der Waals surface area contributed by atoms with Gasteiger partial charge in [0.2, 0.25) is 0 Å². The first-order valence-electron chi connectivity index (χ1n) is 3.94. The molecular formula is C9H10BrNO. The number of halogens is 1. The van der Waals surface area contributed by atoms with E-state index in [1.807, 2.05) is 6.07 Å². The number of hydrogen-bond donors (Lipinski definition) is 2. The fourth-order valence-electron chi connectivity index (χ4n) is 1.57. The number of aliphatic hydroxyl groups excluding tert-OH is 1. The average molecular weight is 228 g/mol. The number of aliphatic hydroxyl groups is 1. The summed E-state index contributed by atoms with van der Waals surface area (Å²) in [4.78, 5) is 0. The van der Waals surface area contributed by atoms with E-state index in [9.17, 15) is 0 Å². The minimum atomic E-state index is 0.132. The number of rotatable bonds is 1. The SMILES string of the molecule is OCC1NCc2cc(Br)ccc21. The Balaban J connectivity index is 2.40. The molecule has 1 aromatic carbocycles. The molecule has 2 N–H and O–H groups in total. The Morgan fingerprint density at radius 3 is 3.17 bits per heavy atom. The molecule has 64 valence electrons. The van der Waals surface area contributed by atoms with Crippen molar-refractivity contribution in [2.45, 2.75) is 12.6 Å². The van der Waals surface area contributed by atoms with Gasteiger partial charge in [0, 0.05) is 11.0 Å². The third-order valence-electron chi connectivity index (χ3n) is 2.20. The molecule has 3 heteroatoms. The van der Waals surface area contributed by atoms with E-state index in [1.54, 1.807) is 0 Å². The number of nitrogens with one attached hydrogen (secondary N) is 1. The molecule has 0 aliphatic carbocycles. The summed E-state index contributed by atoms with van der Waals surface area (Å²) in [6, 6.07) is 6.29. The lowest BCUT2D eigenvalue weighted by atomic mass is 10.1. The Morgan fingerprint density at radius 2 is 2.42 bits per heavy atom. The van der Waals surface area contributed by atoms with Gasteiger partial charge < -0.3 is 10.4 Å². The minimum absolute atomic E-state index is 0.132. The van der Waals surface area contributed by atoms with Gasteiger partial charge in [-0.25, -0.2) is 0 Å². The smallest absolute Gasteiger partial charge is 0.0626 e. The molecule has 2 rings (SSSR count). The molecule has 1 unspecified atom stereocenters. The molecule has 1 aliphatic heterocycles. The van der Waals surface area contributed by atoms with E-state index in [-0.39, 0.29) is 12.6 Å². The topological polar surface area (TPSA) is 32.3 Å². The lowest BCUT2D eigenvalue weighted by molar-refractivity contribution is 0.251. The Labute approximate surface area is 79.7 Å². The maximum Gasteiger partial charge on any atom is 0.0626 e. The second-order valence-electron chi connectivity index (χ2n) is 2.96. The largest absolute Gasteiger partial charge is 0.394 e. The van der Waals surface area contributed by atoms with Gasteiger partial charge >= 0.3 is 0 Å². The van der Waals surface area contributed by atoms with Gasteiger partial charge in [0.15, 0.2) is 0 Å². The van der Waals surface area contributed by atoms with Crippen LogP contribution in [0.25, 0.3) is 0 Å². The van der Waals surface area contributed by atoms with Crippen LogP contribution in [-0.4, -0.2) is 11.7 Å². The molecule has 12 heavy (non-hydrogen) atoms.